The maximum absolute atomic E-state index is 14.2. The topological polar surface area (TPSA) is 75.0 Å². The molecule has 2 saturated heterocycles. The first-order chi connectivity index (χ1) is 14.0. The minimum atomic E-state index is -0.732. The van der Waals surface area contributed by atoms with Crippen LogP contribution < -0.4 is 15.1 Å². The molecule has 0 atom stereocenters. The van der Waals surface area contributed by atoms with Gasteiger partial charge in [0.15, 0.2) is 5.11 Å². The number of amides is 2. The third-order valence-electron chi connectivity index (χ3n) is 4.47. The minimum Gasteiger partial charge on any atom is -0.440 e. The quantitative estimate of drug-likeness (QED) is 0.414. The number of hydrogen-bond donors (Lipinski definition) is 1. The molecule has 150 valence electrons. The van der Waals surface area contributed by atoms with Crippen molar-refractivity contribution in [3.8, 4) is 0 Å². The molecule has 0 aliphatic carbocycles. The minimum absolute atomic E-state index is 0.0389. The molecule has 10 heteroatoms. The molecule has 0 unspecified atom stereocenters. The zero-order valence-electron chi connectivity index (χ0n) is 15.0. The smallest absolute Gasteiger partial charge is 0.270 e. The lowest BCUT2D eigenvalue weighted by Gasteiger charge is -2.29. The number of carbonyl (C=O) groups is 2. The highest BCUT2D eigenvalue weighted by atomic mass is 79.9. The Labute approximate surface area is 179 Å². The van der Waals surface area contributed by atoms with Gasteiger partial charge in [0.25, 0.3) is 11.8 Å². The number of rotatable bonds is 3. The third-order valence-corrected chi connectivity index (χ3v) is 5.32. The van der Waals surface area contributed by atoms with E-state index in [4.69, 9.17) is 21.4 Å². The maximum Gasteiger partial charge on any atom is 0.270 e. The standard InChI is InChI=1S/C19H15BrFN3O4S/c20-13-10-11(28-18(13)23-5-7-27-8-6-23)9-12-16(25)22-19(29)24(17(12)26)15-4-2-1-3-14(15)21/h1-4,9-10H,5-8H2,(H,22,25,29)/b12-9-. The first-order valence-electron chi connectivity index (χ1n) is 8.73. The first-order valence-corrected chi connectivity index (χ1v) is 9.94. The van der Waals surface area contributed by atoms with Crippen molar-refractivity contribution >= 4 is 62.7 Å². The number of para-hydroxylation sites is 1. The SMILES string of the molecule is O=C1NC(=S)N(c2ccccc2F)C(=O)/C1=C\c1cc(Br)c(N2CCOCC2)o1. The van der Waals surface area contributed by atoms with Crippen LogP contribution in [-0.2, 0) is 14.3 Å². The molecule has 2 amide bonds. The summed E-state index contributed by atoms with van der Waals surface area (Å²) in [5, 5.41) is 2.24. The van der Waals surface area contributed by atoms with E-state index in [0.717, 1.165) is 4.90 Å². The van der Waals surface area contributed by atoms with Crippen LogP contribution in [0.4, 0.5) is 16.0 Å². The van der Waals surface area contributed by atoms with Gasteiger partial charge in [0.1, 0.15) is 17.2 Å². The van der Waals surface area contributed by atoms with Crippen molar-refractivity contribution in [1.29, 1.82) is 0 Å². The van der Waals surface area contributed by atoms with Crippen LogP contribution >= 0.6 is 28.1 Å². The van der Waals surface area contributed by atoms with Crippen LogP contribution in [-0.4, -0.2) is 43.2 Å². The second kappa shape index (κ2) is 8.05. The van der Waals surface area contributed by atoms with Gasteiger partial charge in [-0.1, -0.05) is 12.1 Å². The number of nitrogens with one attached hydrogen (secondary N) is 1. The highest BCUT2D eigenvalue weighted by Crippen LogP contribution is 2.32. The summed E-state index contributed by atoms with van der Waals surface area (Å²) < 4.78 is 26.1. The van der Waals surface area contributed by atoms with Crippen molar-refractivity contribution in [2.45, 2.75) is 0 Å². The number of furan rings is 1. The van der Waals surface area contributed by atoms with E-state index in [9.17, 15) is 14.0 Å². The summed E-state index contributed by atoms with van der Waals surface area (Å²) in [7, 11) is 0. The zero-order chi connectivity index (χ0) is 20.5. The van der Waals surface area contributed by atoms with Crippen molar-refractivity contribution in [2.24, 2.45) is 0 Å². The van der Waals surface area contributed by atoms with Gasteiger partial charge in [-0.2, -0.15) is 0 Å². The molecule has 2 aliphatic rings. The average Bonchev–Trinajstić information content (AvgIpc) is 3.07. The summed E-state index contributed by atoms with van der Waals surface area (Å²) in [6.07, 6.45) is 1.32. The Hall–Kier alpha value is -2.56. The molecule has 0 radical (unpaired) electrons. The van der Waals surface area contributed by atoms with E-state index in [-0.39, 0.29) is 16.4 Å². The molecule has 29 heavy (non-hydrogen) atoms. The van der Waals surface area contributed by atoms with E-state index in [2.05, 4.69) is 21.2 Å². The predicted octanol–water partition coefficient (Wildman–Crippen LogP) is 2.85. The van der Waals surface area contributed by atoms with Crippen molar-refractivity contribution < 1.29 is 23.1 Å². The van der Waals surface area contributed by atoms with Gasteiger partial charge in [0, 0.05) is 19.2 Å². The van der Waals surface area contributed by atoms with Crippen LogP contribution in [0.2, 0.25) is 0 Å². The highest BCUT2D eigenvalue weighted by molar-refractivity contribution is 9.10. The summed E-state index contributed by atoms with van der Waals surface area (Å²) in [5.74, 6) is -1.14. The fraction of sp³-hybridized carbons (Fsp3) is 0.211. The van der Waals surface area contributed by atoms with Crippen LogP contribution in [0.15, 0.2) is 44.8 Å². The van der Waals surface area contributed by atoms with Gasteiger partial charge in [-0.3, -0.25) is 14.9 Å². The Morgan fingerprint density at radius 3 is 2.66 bits per heavy atom. The molecule has 4 rings (SSSR count). The zero-order valence-corrected chi connectivity index (χ0v) is 17.4. The second-order valence-electron chi connectivity index (χ2n) is 6.31. The molecule has 3 heterocycles. The monoisotopic (exact) mass is 479 g/mol. The third kappa shape index (κ3) is 3.83. The van der Waals surface area contributed by atoms with Gasteiger partial charge >= 0.3 is 0 Å². The second-order valence-corrected chi connectivity index (χ2v) is 7.55. The lowest BCUT2D eigenvalue weighted by atomic mass is 10.1. The maximum atomic E-state index is 14.2. The molecule has 0 spiro atoms. The molecule has 1 N–H and O–H groups in total. The summed E-state index contributed by atoms with van der Waals surface area (Å²) in [4.78, 5) is 28.3. The van der Waals surface area contributed by atoms with Gasteiger partial charge in [-0.25, -0.2) is 9.29 Å². The summed E-state index contributed by atoms with van der Waals surface area (Å²) in [6, 6.07) is 7.36. The molecule has 1 aromatic carbocycles. The van der Waals surface area contributed by atoms with E-state index in [1.807, 2.05) is 4.90 Å². The largest absolute Gasteiger partial charge is 0.440 e. The lowest BCUT2D eigenvalue weighted by molar-refractivity contribution is -0.122. The van der Waals surface area contributed by atoms with Crippen LogP contribution in [0.25, 0.3) is 6.08 Å². The van der Waals surface area contributed by atoms with E-state index in [1.165, 1.54) is 24.3 Å². The molecular weight excluding hydrogens is 465 g/mol. The Balaban J connectivity index is 1.67. The van der Waals surface area contributed by atoms with E-state index in [1.54, 1.807) is 12.1 Å². The van der Waals surface area contributed by atoms with Crippen LogP contribution in [0, 0.1) is 5.82 Å². The molecular formula is C19H15BrFN3O4S. The number of thiocarbonyl (C=S) groups is 1. The Morgan fingerprint density at radius 1 is 1.21 bits per heavy atom. The normalized spacial score (nSPS) is 19.1. The van der Waals surface area contributed by atoms with Gasteiger partial charge in [0.2, 0.25) is 5.88 Å². The number of anilines is 2. The van der Waals surface area contributed by atoms with E-state index < -0.39 is 17.6 Å². The van der Waals surface area contributed by atoms with Crippen LogP contribution in [0.5, 0.6) is 0 Å². The number of carbonyl (C=O) groups excluding carboxylic acids is 2. The fourth-order valence-corrected chi connectivity index (χ4v) is 3.91. The fourth-order valence-electron chi connectivity index (χ4n) is 3.08. The van der Waals surface area contributed by atoms with Crippen molar-refractivity contribution in [3.63, 3.8) is 0 Å². The van der Waals surface area contributed by atoms with Gasteiger partial charge in [0.05, 0.1) is 23.4 Å². The first kappa shape index (κ1) is 19.7. The lowest BCUT2D eigenvalue weighted by Crippen LogP contribution is -2.54. The number of benzene rings is 1. The van der Waals surface area contributed by atoms with Crippen LogP contribution in [0.1, 0.15) is 5.76 Å². The van der Waals surface area contributed by atoms with Crippen molar-refractivity contribution in [2.75, 3.05) is 36.1 Å². The molecule has 1 aromatic heterocycles. The summed E-state index contributed by atoms with van der Waals surface area (Å²) in [6.45, 7) is 2.49. The highest BCUT2D eigenvalue weighted by Gasteiger charge is 2.36. The Bertz CT molecular complexity index is 1030. The van der Waals surface area contributed by atoms with E-state index in [0.29, 0.717) is 42.4 Å². The molecule has 7 nitrogen and oxygen atoms in total. The molecule has 2 fully saturated rings. The predicted molar refractivity (Wildman–Crippen MR) is 112 cm³/mol. The molecule has 2 aliphatic heterocycles. The number of morpholine rings is 1. The molecule has 2 aromatic rings. The molecule has 0 saturated carbocycles. The van der Waals surface area contributed by atoms with E-state index >= 15 is 0 Å². The number of halogens is 2. The average molecular weight is 480 g/mol. The Kier molecular flexibility index (Phi) is 5.48. The molecule has 0 bridgehead atoms. The number of hydrogen-bond acceptors (Lipinski definition) is 6. The number of ether oxygens (including phenoxy) is 1. The van der Waals surface area contributed by atoms with Gasteiger partial charge in [-0.15, -0.1) is 0 Å². The summed E-state index contributed by atoms with van der Waals surface area (Å²) >= 11 is 8.52. The van der Waals surface area contributed by atoms with Crippen molar-refractivity contribution in [1.82, 2.24) is 5.32 Å². The summed E-state index contributed by atoms with van der Waals surface area (Å²) in [5.41, 5.74) is -0.250. The Morgan fingerprint density at radius 2 is 1.93 bits per heavy atom. The van der Waals surface area contributed by atoms with Crippen LogP contribution in [0.3, 0.4) is 0 Å². The van der Waals surface area contributed by atoms with Crippen molar-refractivity contribution in [3.05, 3.63) is 52.0 Å². The number of nitrogens with zero attached hydrogens (tertiary/aromatic N) is 2. The van der Waals surface area contributed by atoms with Gasteiger partial charge in [-0.05, 0) is 46.4 Å². The van der Waals surface area contributed by atoms with Gasteiger partial charge < -0.3 is 14.1 Å².